The van der Waals surface area contributed by atoms with E-state index < -0.39 is 0 Å². The molecule has 1 aromatic carbocycles. The fraction of sp³-hybridized carbons (Fsp3) is 0.444. The second-order valence-corrected chi connectivity index (χ2v) is 6.93. The second-order valence-electron chi connectivity index (χ2n) is 6.55. The van der Waals surface area contributed by atoms with E-state index in [0.717, 1.165) is 40.7 Å². The fourth-order valence-corrected chi connectivity index (χ4v) is 2.87. The van der Waals surface area contributed by atoms with Gasteiger partial charge in [-0.15, -0.1) is 0 Å². The molecule has 0 saturated heterocycles. The average molecular weight is 348 g/mol. The summed E-state index contributed by atoms with van der Waals surface area (Å²) in [7, 11) is 6.03. The molecule has 0 radical (unpaired) electrons. The smallest absolute Gasteiger partial charge is 0.253 e. The quantitative estimate of drug-likeness (QED) is 0.693. The number of hydrogen-bond donors (Lipinski definition) is 3. The first kappa shape index (κ1) is 18.4. The van der Waals surface area contributed by atoms with Crippen molar-refractivity contribution >= 4 is 28.2 Å². The van der Waals surface area contributed by atoms with E-state index in [1.807, 2.05) is 31.0 Å². The summed E-state index contributed by atoms with van der Waals surface area (Å²) in [5, 5.41) is 4.78. The number of aromatic nitrogens is 1. The summed E-state index contributed by atoms with van der Waals surface area (Å²) in [5.74, 6) is 0. The molecule has 3 N–H and O–H groups in total. The summed E-state index contributed by atoms with van der Waals surface area (Å²) in [5.41, 5.74) is 3.86. The lowest BCUT2D eigenvalue weighted by Gasteiger charge is -2.25. The van der Waals surface area contributed by atoms with Crippen molar-refractivity contribution in [3.63, 3.8) is 0 Å². The Kier molecular flexibility index (Phi) is 5.96. The molecule has 0 amide bonds. The first-order chi connectivity index (χ1) is 11.3. The summed E-state index contributed by atoms with van der Waals surface area (Å²) in [4.78, 5) is 19.0. The lowest BCUT2D eigenvalue weighted by Crippen LogP contribution is -3.06. The Morgan fingerprint density at radius 1 is 1.29 bits per heavy atom. The first-order valence-electron chi connectivity index (χ1n) is 8.21. The van der Waals surface area contributed by atoms with Gasteiger partial charge in [0.1, 0.15) is 0 Å². The third-order valence-electron chi connectivity index (χ3n) is 4.26. The van der Waals surface area contributed by atoms with Crippen LogP contribution in [-0.4, -0.2) is 49.2 Å². The van der Waals surface area contributed by atoms with Crippen molar-refractivity contribution < 1.29 is 4.90 Å². The van der Waals surface area contributed by atoms with E-state index in [0.29, 0.717) is 11.7 Å². The molecule has 2 rings (SSSR count). The lowest BCUT2D eigenvalue weighted by atomic mass is 10.0. The number of pyridine rings is 1. The normalized spacial score (nSPS) is 11.1. The molecule has 0 saturated carbocycles. The van der Waals surface area contributed by atoms with Crippen molar-refractivity contribution in [2.75, 3.05) is 34.2 Å². The number of nitrogens with one attached hydrogen (secondary N) is 3. The highest BCUT2D eigenvalue weighted by Gasteiger charge is 2.14. The molecule has 0 atom stereocenters. The number of hydrogen-bond acceptors (Lipinski definition) is 2. The van der Waals surface area contributed by atoms with Crippen molar-refractivity contribution in [2.24, 2.45) is 0 Å². The summed E-state index contributed by atoms with van der Waals surface area (Å²) in [6.07, 6.45) is 0. The molecule has 2 aromatic rings. The largest absolute Gasteiger partial charge is 0.366 e. The number of quaternary nitrogens is 1. The van der Waals surface area contributed by atoms with Crippen LogP contribution in [-0.2, 0) is 6.54 Å². The Morgan fingerprint density at radius 3 is 2.58 bits per heavy atom. The van der Waals surface area contributed by atoms with Crippen LogP contribution in [0.4, 0.5) is 0 Å². The van der Waals surface area contributed by atoms with Crippen LogP contribution in [0.15, 0.2) is 23.0 Å². The molecule has 0 unspecified atom stereocenters. The van der Waals surface area contributed by atoms with E-state index in [1.54, 1.807) is 0 Å². The highest BCUT2D eigenvalue weighted by atomic mass is 32.1. The number of aromatic amines is 1. The van der Waals surface area contributed by atoms with Gasteiger partial charge in [-0.05, 0) is 43.3 Å². The molecule has 1 heterocycles. The monoisotopic (exact) mass is 347 g/mol. The number of thiocarbonyl (C=S) groups is 1. The van der Waals surface area contributed by atoms with Gasteiger partial charge in [0, 0.05) is 18.0 Å². The minimum absolute atomic E-state index is 0.0442. The molecule has 5 nitrogen and oxygen atoms in total. The molecule has 6 heteroatoms. The summed E-state index contributed by atoms with van der Waals surface area (Å²) in [6, 6.07) is 6.13. The molecule has 0 aliphatic rings. The molecule has 0 aliphatic heterocycles. The molecule has 0 bridgehead atoms. The van der Waals surface area contributed by atoms with Gasteiger partial charge in [-0.1, -0.05) is 12.1 Å². The molecule has 24 heavy (non-hydrogen) atoms. The van der Waals surface area contributed by atoms with Gasteiger partial charge in [0.2, 0.25) is 0 Å². The van der Waals surface area contributed by atoms with Crippen molar-refractivity contribution in [2.45, 2.75) is 20.4 Å². The Labute approximate surface area is 148 Å². The predicted molar refractivity (Wildman–Crippen MR) is 104 cm³/mol. The zero-order valence-electron chi connectivity index (χ0n) is 15.1. The van der Waals surface area contributed by atoms with E-state index in [1.165, 1.54) is 4.90 Å². The first-order valence-corrected chi connectivity index (χ1v) is 8.62. The fourth-order valence-electron chi connectivity index (χ4n) is 2.71. The molecule has 0 fully saturated rings. The van der Waals surface area contributed by atoms with E-state index in [-0.39, 0.29) is 5.56 Å². The van der Waals surface area contributed by atoms with Crippen LogP contribution in [0.3, 0.4) is 0 Å². The molecular formula is C18H27N4OS+. The standard InChI is InChI=1S/C18H26N4OS/c1-12-6-7-13(2)16-15(12)10-14(17(23)20-16)11-22(18(24)19-3)9-8-21(4)5/h6-7,10H,8-9,11H2,1-5H3,(H,19,24)(H,20,23)/p+1. The molecule has 0 spiro atoms. The van der Waals surface area contributed by atoms with E-state index in [4.69, 9.17) is 12.2 Å². The Hall–Kier alpha value is -1.92. The van der Waals surface area contributed by atoms with Crippen molar-refractivity contribution in [3.05, 3.63) is 45.2 Å². The van der Waals surface area contributed by atoms with Crippen molar-refractivity contribution in [1.29, 1.82) is 0 Å². The minimum Gasteiger partial charge on any atom is -0.366 e. The zero-order valence-corrected chi connectivity index (χ0v) is 15.9. The van der Waals surface area contributed by atoms with Gasteiger partial charge in [0.15, 0.2) is 5.11 Å². The SMILES string of the molecule is CNC(=S)N(CC[NH+](C)C)Cc1cc2c(C)ccc(C)c2[nH]c1=O. The molecular weight excluding hydrogens is 320 g/mol. The van der Waals surface area contributed by atoms with Gasteiger partial charge >= 0.3 is 0 Å². The van der Waals surface area contributed by atoms with Crippen LogP contribution in [0.25, 0.3) is 10.9 Å². The number of nitrogens with zero attached hydrogens (tertiary/aromatic N) is 1. The average Bonchev–Trinajstić information content (AvgIpc) is 2.55. The number of benzene rings is 1. The third-order valence-corrected chi connectivity index (χ3v) is 4.73. The Bertz CT molecular complexity index is 797. The van der Waals surface area contributed by atoms with Crippen molar-refractivity contribution in [1.82, 2.24) is 15.2 Å². The minimum atomic E-state index is -0.0442. The van der Waals surface area contributed by atoms with Crippen LogP contribution in [0.5, 0.6) is 0 Å². The van der Waals surface area contributed by atoms with E-state index >= 15 is 0 Å². The second kappa shape index (κ2) is 7.77. The van der Waals surface area contributed by atoms with E-state index in [9.17, 15) is 4.79 Å². The zero-order chi connectivity index (χ0) is 17.9. The van der Waals surface area contributed by atoms with Crippen LogP contribution in [0, 0.1) is 13.8 Å². The summed E-state index contributed by atoms with van der Waals surface area (Å²) in [6.45, 7) is 6.33. The van der Waals surface area contributed by atoms with Crippen LogP contribution in [0.1, 0.15) is 16.7 Å². The number of rotatable bonds is 5. The topological polar surface area (TPSA) is 52.6 Å². The van der Waals surface area contributed by atoms with Gasteiger partial charge in [0.05, 0.1) is 39.2 Å². The Morgan fingerprint density at radius 2 is 1.96 bits per heavy atom. The lowest BCUT2D eigenvalue weighted by molar-refractivity contribution is -0.857. The number of H-pyrrole nitrogens is 1. The molecule has 130 valence electrons. The van der Waals surface area contributed by atoms with Gasteiger partial charge in [0.25, 0.3) is 5.56 Å². The van der Waals surface area contributed by atoms with Crippen molar-refractivity contribution in [3.8, 4) is 0 Å². The third kappa shape index (κ3) is 4.13. The van der Waals surface area contributed by atoms with Gasteiger partial charge in [-0.25, -0.2) is 0 Å². The number of aryl methyl sites for hydroxylation is 2. The Balaban J connectivity index is 2.39. The van der Waals surface area contributed by atoms with Crippen LogP contribution in [0.2, 0.25) is 0 Å². The van der Waals surface area contributed by atoms with Gasteiger partial charge in [-0.3, -0.25) is 4.79 Å². The van der Waals surface area contributed by atoms with Crippen LogP contribution < -0.4 is 15.8 Å². The predicted octanol–water partition coefficient (Wildman–Crippen LogP) is 0.596. The summed E-state index contributed by atoms with van der Waals surface area (Å²) < 4.78 is 0. The maximum absolute atomic E-state index is 12.5. The maximum Gasteiger partial charge on any atom is 0.253 e. The van der Waals surface area contributed by atoms with Gasteiger partial charge < -0.3 is 20.1 Å². The van der Waals surface area contributed by atoms with Gasteiger partial charge in [-0.2, -0.15) is 0 Å². The molecule has 1 aromatic heterocycles. The van der Waals surface area contributed by atoms with Crippen LogP contribution >= 0.6 is 12.2 Å². The summed E-state index contributed by atoms with van der Waals surface area (Å²) >= 11 is 5.41. The highest BCUT2D eigenvalue weighted by Crippen LogP contribution is 2.20. The number of fused-ring (bicyclic) bond motifs is 1. The highest BCUT2D eigenvalue weighted by molar-refractivity contribution is 7.80. The maximum atomic E-state index is 12.5. The number of likely N-dealkylation sites (N-methyl/N-ethyl adjacent to an activating group) is 1. The molecule has 0 aliphatic carbocycles. The van der Waals surface area contributed by atoms with E-state index in [2.05, 4.69) is 37.4 Å².